The van der Waals surface area contributed by atoms with Crippen molar-refractivity contribution in [3.8, 4) is 0 Å². The number of rotatable bonds is 6. The highest BCUT2D eigenvalue weighted by molar-refractivity contribution is 7.18. The number of aromatic nitrogens is 2. The van der Waals surface area contributed by atoms with Gasteiger partial charge in [-0.15, -0.1) is 22.7 Å². The summed E-state index contributed by atoms with van der Waals surface area (Å²) in [4.78, 5) is 34.3. The summed E-state index contributed by atoms with van der Waals surface area (Å²) in [5.41, 5.74) is 1.54. The molecule has 0 radical (unpaired) electrons. The van der Waals surface area contributed by atoms with Crippen LogP contribution in [0.2, 0.25) is 0 Å². The topological polar surface area (TPSA) is 75.2 Å². The van der Waals surface area contributed by atoms with Gasteiger partial charge in [-0.25, -0.2) is 14.4 Å². The molecule has 0 atom stereocenters. The molecule has 4 aromatic rings. The molecule has 0 fully saturated rings. The number of benzene rings is 2. The first-order valence-electron chi connectivity index (χ1n) is 9.32. The predicted octanol–water partition coefficient (Wildman–Crippen LogP) is 4.91. The number of carbonyl (C=O) groups is 2. The molecule has 0 aliphatic heterocycles. The maximum absolute atomic E-state index is 14.2. The largest absolute Gasteiger partial charge is 0.346 e. The Morgan fingerprint density at radius 1 is 1.13 bits per heavy atom. The van der Waals surface area contributed by atoms with Crippen LogP contribution in [0.25, 0.3) is 16.3 Å². The third-order valence-electron chi connectivity index (χ3n) is 4.27. The van der Waals surface area contributed by atoms with Crippen molar-refractivity contribution < 1.29 is 14.0 Å². The number of carbonyl (C=O) groups excluding carboxylic acids is 2. The molecule has 2 aromatic carbocycles. The Morgan fingerprint density at radius 2 is 1.90 bits per heavy atom. The molecular formula is C22H17FN4O2S2. The van der Waals surface area contributed by atoms with E-state index in [-0.39, 0.29) is 17.5 Å². The van der Waals surface area contributed by atoms with E-state index in [1.54, 1.807) is 23.6 Å². The minimum absolute atomic E-state index is 0.133. The van der Waals surface area contributed by atoms with Crippen LogP contribution < -0.4 is 10.2 Å². The Bertz CT molecular complexity index is 1250. The number of thiazole rings is 2. The first kappa shape index (κ1) is 20.8. The van der Waals surface area contributed by atoms with Crippen molar-refractivity contribution in [3.63, 3.8) is 0 Å². The lowest BCUT2D eigenvalue weighted by Crippen LogP contribution is -2.23. The number of hydrogen-bond donors (Lipinski definition) is 1. The number of amides is 2. The minimum Gasteiger partial charge on any atom is -0.346 e. The molecule has 156 valence electrons. The van der Waals surface area contributed by atoms with Gasteiger partial charge in [0.05, 0.1) is 28.1 Å². The molecule has 0 saturated heterocycles. The van der Waals surface area contributed by atoms with Gasteiger partial charge in [-0.2, -0.15) is 0 Å². The number of para-hydroxylation sites is 2. The normalized spacial score (nSPS) is 11.2. The summed E-state index contributed by atoms with van der Waals surface area (Å²) in [6, 6.07) is 13.8. The number of nitrogens with zero attached hydrogens (tertiary/aromatic N) is 3. The van der Waals surface area contributed by atoms with Crippen molar-refractivity contribution >= 4 is 61.6 Å². The van der Waals surface area contributed by atoms with Crippen LogP contribution in [0.3, 0.4) is 0 Å². The maximum atomic E-state index is 14.2. The van der Waals surface area contributed by atoms with Gasteiger partial charge in [0.1, 0.15) is 10.8 Å². The van der Waals surface area contributed by atoms with Crippen molar-refractivity contribution in [3.05, 3.63) is 76.5 Å². The van der Waals surface area contributed by atoms with E-state index in [1.165, 1.54) is 52.7 Å². The lowest BCUT2D eigenvalue weighted by Gasteiger charge is -2.18. The van der Waals surface area contributed by atoms with Crippen LogP contribution in [0.1, 0.15) is 17.6 Å². The quantitative estimate of drug-likeness (QED) is 0.422. The van der Waals surface area contributed by atoms with Gasteiger partial charge < -0.3 is 5.32 Å². The number of nitrogens with one attached hydrogen (secondary N) is 1. The third-order valence-corrected chi connectivity index (χ3v) is 6.15. The number of anilines is 2. The number of fused-ring (bicyclic) bond motifs is 1. The van der Waals surface area contributed by atoms with Crippen LogP contribution in [0, 0.1) is 5.82 Å². The van der Waals surface area contributed by atoms with Gasteiger partial charge in [-0.05, 0) is 30.3 Å². The zero-order chi connectivity index (χ0) is 21.8. The van der Waals surface area contributed by atoms with Gasteiger partial charge in [0, 0.05) is 18.4 Å². The fourth-order valence-electron chi connectivity index (χ4n) is 2.87. The Labute approximate surface area is 185 Å². The molecule has 0 aliphatic rings. The Hall–Kier alpha value is -3.43. The highest BCUT2D eigenvalue weighted by Crippen LogP contribution is 2.31. The SMILES string of the molecule is CC(=O)N(c1nc(/C=C/C(=O)NCc2nc3ccccc3s2)cs1)c1ccccc1F. The highest BCUT2D eigenvalue weighted by Gasteiger charge is 2.20. The van der Waals surface area contributed by atoms with E-state index in [9.17, 15) is 14.0 Å². The van der Waals surface area contributed by atoms with Gasteiger partial charge in [-0.1, -0.05) is 24.3 Å². The van der Waals surface area contributed by atoms with E-state index in [4.69, 9.17) is 0 Å². The average Bonchev–Trinajstić information content (AvgIpc) is 3.39. The monoisotopic (exact) mass is 452 g/mol. The molecule has 4 rings (SSSR count). The molecule has 0 bridgehead atoms. The van der Waals surface area contributed by atoms with E-state index >= 15 is 0 Å². The van der Waals surface area contributed by atoms with E-state index in [1.807, 2.05) is 24.3 Å². The standard InChI is InChI=1S/C22H17FN4O2S2/c1-14(28)27(18-8-4-2-6-16(18)23)22-25-15(13-30-22)10-11-20(29)24-12-21-26-17-7-3-5-9-19(17)31-21/h2-11,13H,12H2,1H3,(H,24,29)/b11-10+. The summed E-state index contributed by atoms with van der Waals surface area (Å²) in [7, 11) is 0. The van der Waals surface area contributed by atoms with Crippen molar-refractivity contribution in [2.24, 2.45) is 0 Å². The second-order valence-electron chi connectivity index (χ2n) is 6.49. The van der Waals surface area contributed by atoms with Gasteiger partial charge in [0.15, 0.2) is 5.13 Å². The van der Waals surface area contributed by atoms with Crippen molar-refractivity contribution in [2.45, 2.75) is 13.5 Å². The van der Waals surface area contributed by atoms with E-state index < -0.39 is 5.82 Å². The molecule has 6 nitrogen and oxygen atoms in total. The Kier molecular flexibility index (Phi) is 6.15. The summed E-state index contributed by atoms with van der Waals surface area (Å²) in [5, 5.41) is 5.64. The molecule has 31 heavy (non-hydrogen) atoms. The fraction of sp³-hybridized carbons (Fsp3) is 0.0909. The minimum atomic E-state index is -0.515. The summed E-state index contributed by atoms with van der Waals surface area (Å²) >= 11 is 2.72. The summed E-state index contributed by atoms with van der Waals surface area (Å²) in [5.74, 6) is -1.16. The van der Waals surface area contributed by atoms with Crippen LogP contribution in [0.4, 0.5) is 15.2 Å². The fourth-order valence-corrected chi connectivity index (χ4v) is 4.63. The first-order chi connectivity index (χ1) is 15.0. The van der Waals surface area contributed by atoms with Crippen molar-refractivity contribution in [1.82, 2.24) is 15.3 Å². The van der Waals surface area contributed by atoms with Crippen molar-refractivity contribution in [1.29, 1.82) is 0 Å². The van der Waals surface area contributed by atoms with Crippen LogP contribution in [0.5, 0.6) is 0 Å². The second-order valence-corrected chi connectivity index (χ2v) is 8.44. The molecule has 0 unspecified atom stereocenters. The Balaban J connectivity index is 1.42. The van der Waals surface area contributed by atoms with Gasteiger partial charge in [-0.3, -0.25) is 14.5 Å². The molecular weight excluding hydrogens is 435 g/mol. The van der Waals surface area contributed by atoms with Crippen LogP contribution in [-0.2, 0) is 16.1 Å². The zero-order valence-corrected chi connectivity index (χ0v) is 18.0. The molecule has 2 heterocycles. The van der Waals surface area contributed by atoms with E-state index in [0.29, 0.717) is 17.4 Å². The average molecular weight is 453 g/mol. The zero-order valence-electron chi connectivity index (χ0n) is 16.4. The van der Waals surface area contributed by atoms with Crippen LogP contribution in [0.15, 0.2) is 60.0 Å². The Morgan fingerprint density at radius 3 is 2.68 bits per heavy atom. The molecule has 1 N–H and O–H groups in total. The van der Waals surface area contributed by atoms with Gasteiger partial charge >= 0.3 is 0 Å². The van der Waals surface area contributed by atoms with E-state index in [2.05, 4.69) is 15.3 Å². The van der Waals surface area contributed by atoms with Crippen LogP contribution in [-0.4, -0.2) is 21.8 Å². The van der Waals surface area contributed by atoms with E-state index in [0.717, 1.165) is 15.2 Å². The highest BCUT2D eigenvalue weighted by atomic mass is 32.1. The van der Waals surface area contributed by atoms with Crippen LogP contribution >= 0.6 is 22.7 Å². The molecule has 0 aliphatic carbocycles. The lowest BCUT2D eigenvalue weighted by atomic mass is 10.3. The predicted molar refractivity (Wildman–Crippen MR) is 122 cm³/mol. The summed E-state index contributed by atoms with van der Waals surface area (Å²) < 4.78 is 15.2. The molecule has 2 amide bonds. The van der Waals surface area contributed by atoms with Gasteiger partial charge in [0.25, 0.3) is 0 Å². The van der Waals surface area contributed by atoms with Crippen molar-refractivity contribution in [2.75, 3.05) is 4.90 Å². The summed E-state index contributed by atoms with van der Waals surface area (Å²) in [6.07, 6.45) is 2.92. The molecule has 0 saturated carbocycles. The first-order valence-corrected chi connectivity index (χ1v) is 11.0. The number of halogens is 1. The molecule has 0 spiro atoms. The summed E-state index contributed by atoms with van der Waals surface area (Å²) in [6.45, 7) is 1.68. The number of hydrogen-bond acceptors (Lipinski definition) is 6. The molecule has 2 aromatic heterocycles. The lowest BCUT2D eigenvalue weighted by molar-refractivity contribution is -0.117. The van der Waals surface area contributed by atoms with Gasteiger partial charge in [0.2, 0.25) is 11.8 Å². The smallest absolute Gasteiger partial charge is 0.244 e. The third kappa shape index (κ3) is 4.84. The molecule has 9 heteroatoms. The maximum Gasteiger partial charge on any atom is 0.244 e. The second kappa shape index (κ2) is 9.15.